The van der Waals surface area contributed by atoms with Crippen LogP contribution in [0.25, 0.3) is 11.3 Å². The minimum atomic E-state index is -3.01. The minimum absolute atomic E-state index is 0.0468. The van der Waals surface area contributed by atoms with Gasteiger partial charge in [-0.2, -0.15) is 0 Å². The summed E-state index contributed by atoms with van der Waals surface area (Å²) < 4.78 is 22.3. The number of nitrogens with one attached hydrogen (secondary N) is 1. The van der Waals surface area contributed by atoms with Crippen molar-refractivity contribution < 1.29 is 8.42 Å². The summed E-state index contributed by atoms with van der Waals surface area (Å²) in [6.07, 6.45) is 3.21. The highest BCUT2D eigenvalue weighted by Crippen LogP contribution is 2.21. The second-order valence-electron chi connectivity index (χ2n) is 4.71. The molecule has 0 saturated carbocycles. The first-order chi connectivity index (χ1) is 9.35. The number of nitrogens with zero attached hydrogens (tertiary/aromatic N) is 1. The normalized spacial score (nSPS) is 13.3. The van der Waals surface area contributed by atoms with Gasteiger partial charge >= 0.3 is 0 Å². The maximum Gasteiger partial charge on any atom is 0.147 e. The van der Waals surface area contributed by atoms with Gasteiger partial charge in [0.2, 0.25) is 0 Å². The third-order valence-corrected chi connectivity index (χ3v) is 4.13. The third-order valence-electron chi connectivity index (χ3n) is 2.90. The Bertz CT molecular complexity index is 680. The Hall–Kier alpha value is -1.37. The first kappa shape index (κ1) is 15.0. The summed E-state index contributed by atoms with van der Waals surface area (Å²) in [5.74, 6) is 0.629. The van der Waals surface area contributed by atoms with Gasteiger partial charge in [-0.1, -0.05) is 23.7 Å². The lowest BCUT2D eigenvalue weighted by molar-refractivity contribution is 0.588. The van der Waals surface area contributed by atoms with E-state index in [2.05, 4.69) is 9.97 Å². The summed E-state index contributed by atoms with van der Waals surface area (Å²) in [5.41, 5.74) is 7.71. The van der Waals surface area contributed by atoms with E-state index < -0.39 is 15.9 Å². The van der Waals surface area contributed by atoms with Crippen LogP contribution < -0.4 is 5.73 Å². The highest BCUT2D eigenvalue weighted by molar-refractivity contribution is 7.90. The predicted octanol–water partition coefficient (Wildman–Crippen LogP) is 2.16. The standard InChI is InChI=1S/C13H16ClN3O2S/c1-20(18,19)7-6-11(15)13-16-8-12(17-13)9-2-4-10(14)5-3-9/h2-5,8,11H,6-7,15H2,1H3,(H,16,17). The van der Waals surface area contributed by atoms with Crippen molar-refractivity contribution in [2.45, 2.75) is 12.5 Å². The van der Waals surface area contributed by atoms with Crippen molar-refractivity contribution in [1.82, 2.24) is 9.97 Å². The van der Waals surface area contributed by atoms with E-state index in [9.17, 15) is 8.42 Å². The number of halogens is 1. The summed E-state index contributed by atoms with van der Waals surface area (Å²) >= 11 is 5.84. The van der Waals surface area contributed by atoms with Crippen molar-refractivity contribution in [1.29, 1.82) is 0 Å². The van der Waals surface area contributed by atoms with Crippen LogP contribution in [0.4, 0.5) is 0 Å². The van der Waals surface area contributed by atoms with E-state index in [1.54, 1.807) is 18.3 Å². The number of nitrogens with two attached hydrogens (primary N) is 1. The van der Waals surface area contributed by atoms with Gasteiger partial charge in [-0.3, -0.25) is 0 Å². The zero-order chi connectivity index (χ0) is 14.8. The van der Waals surface area contributed by atoms with Gasteiger partial charge in [0.25, 0.3) is 0 Å². The molecule has 5 nitrogen and oxygen atoms in total. The number of benzene rings is 1. The minimum Gasteiger partial charge on any atom is -0.341 e. The smallest absolute Gasteiger partial charge is 0.147 e. The Morgan fingerprint density at radius 3 is 2.60 bits per heavy atom. The molecule has 108 valence electrons. The van der Waals surface area contributed by atoms with Gasteiger partial charge in [0.1, 0.15) is 15.7 Å². The zero-order valence-corrected chi connectivity index (χ0v) is 12.6. The molecule has 2 aromatic rings. The Kier molecular flexibility index (Phi) is 4.47. The second kappa shape index (κ2) is 5.95. The summed E-state index contributed by atoms with van der Waals surface area (Å²) in [7, 11) is -3.01. The van der Waals surface area contributed by atoms with Crippen molar-refractivity contribution in [3.8, 4) is 11.3 Å². The van der Waals surface area contributed by atoms with E-state index in [1.807, 2.05) is 12.1 Å². The molecule has 0 bridgehead atoms. The molecule has 1 atom stereocenters. The highest BCUT2D eigenvalue weighted by atomic mass is 35.5. The van der Waals surface area contributed by atoms with E-state index >= 15 is 0 Å². The van der Waals surface area contributed by atoms with Crippen LogP contribution in [0.15, 0.2) is 30.5 Å². The summed E-state index contributed by atoms with van der Waals surface area (Å²) in [4.78, 5) is 7.32. The molecule has 1 aromatic heterocycles. The fraction of sp³-hybridized carbons (Fsp3) is 0.308. The fourth-order valence-corrected chi connectivity index (χ4v) is 2.59. The van der Waals surface area contributed by atoms with Crippen molar-refractivity contribution in [2.24, 2.45) is 5.73 Å². The molecular formula is C13H16ClN3O2S. The van der Waals surface area contributed by atoms with Crippen LogP contribution in [0.5, 0.6) is 0 Å². The maximum absolute atomic E-state index is 11.1. The van der Waals surface area contributed by atoms with E-state index in [0.717, 1.165) is 11.3 Å². The monoisotopic (exact) mass is 313 g/mol. The molecule has 20 heavy (non-hydrogen) atoms. The van der Waals surface area contributed by atoms with Crippen LogP contribution in [0.2, 0.25) is 5.02 Å². The van der Waals surface area contributed by atoms with Gasteiger partial charge < -0.3 is 10.7 Å². The average molecular weight is 314 g/mol. The molecule has 1 unspecified atom stereocenters. The van der Waals surface area contributed by atoms with E-state index in [-0.39, 0.29) is 5.75 Å². The first-order valence-electron chi connectivity index (χ1n) is 6.09. The molecule has 1 aromatic carbocycles. The Labute approximate surface area is 123 Å². The molecule has 3 N–H and O–H groups in total. The number of aromatic nitrogens is 2. The van der Waals surface area contributed by atoms with Gasteiger partial charge in [-0.15, -0.1) is 0 Å². The number of rotatable bonds is 5. The van der Waals surface area contributed by atoms with Crippen LogP contribution >= 0.6 is 11.6 Å². The predicted molar refractivity (Wildman–Crippen MR) is 80.3 cm³/mol. The lowest BCUT2D eigenvalue weighted by Gasteiger charge is -2.07. The summed E-state index contributed by atoms with van der Waals surface area (Å²) in [5, 5.41) is 0.665. The lowest BCUT2D eigenvalue weighted by Crippen LogP contribution is -2.16. The topological polar surface area (TPSA) is 88.8 Å². The van der Waals surface area contributed by atoms with E-state index in [4.69, 9.17) is 17.3 Å². The van der Waals surface area contributed by atoms with Gasteiger partial charge in [0.05, 0.1) is 23.7 Å². The Morgan fingerprint density at radius 1 is 1.35 bits per heavy atom. The van der Waals surface area contributed by atoms with Crippen LogP contribution in [0, 0.1) is 0 Å². The van der Waals surface area contributed by atoms with Crippen LogP contribution in [0.3, 0.4) is 0 Å². The molecular weight excluding hydrogens is 298 g/mol. The molecule has 0 fully saturated rings. The zero-order valence-electron chi connectivity index (χ0n) is 11.0. The Morgan fingerprint density at radius 2 is 2.00 bits per heavy atom. The van der Waals surface area contributed by atoms with Gasteiger partial charge in [0, 0.05) is 11.3 Å². The quantitative estimate of drug-likeness (QED) is 0.885. The number of hydrogen-bond donors (Lipinski definition) is 2. The molecule has 0 radical (unpaired) electrons. The highest BCUT2D eigenvalue weighted by Gasteiger charge is 2.13. The van der Waals surface area contributed by atoms with Crippen LogP contribution in [-0.2, 0) is 9.84 Å². The van der Waals surface area contributed by atoms with E-state index in [1.165, 1.54) is 6.26 Å². The van der Waals surface area contributed by atoms with Gasteiger partial charge in [0.15, 0.2) is 0 Å². The molecule has 0 saturated heterocycles. The van der Waals surface area contributed by atoms with Crippen molar-refractivity contribution in [2.75, 3.05) is 12.0 Å². The molecule has 7 heteroatoms. The molecule has 0 amide bonds. The molecule has 0 spiro atoms. The number of aromatic amines is 1. The lowest BCUT2D eigenvalue weighted by atomic mass is 10.2. The maximum atomic E-state index is 11.1. The van der Waals surface area contributed by atoms with Gasteiger partial charge in [-0.05, 0) is 24.1 Å². The first-order valence-corrected chi connectivity index (χ1v) is 8.53. The van der Waals surface area contributed by atoms with Crippen molar-refractivity contribution in [3.63, 3.8) is 0 Å². The van der Waals surface area contributed by atoms with Crippen LogP contribution in [-0.4, -0.2) is 30.4 Å². The largest absolute Gasteiger partial charge is 0.341 e. The number of hydrogen-bond acceptors (Lipinski definition) is 4. The Balaban J connectivity index is 2.10. The summed E-state index contributed by atoms with van der Waals surface area (Å²) in [6, 6.07) is 6.91. The molecule has 0 aliphatic carbocycles. The third kappa shape index (κ3) is 4.06. The summed E-state index contributed by atoms with van der Waals surface area (Å²) in [6.45, 7) is 0. The molecule has 0 aliphatic heterocycles. The SMILES string of the molecule is CS(=O)(=O)CCC(N)c1ncc(-c2ccc(Cl)cc2)[nH]1. The molecule has 1 heterocycles. The van der Waals surface area contributed by atoms with E-state index in [0.29, 0.717) is 17.3 Å². The average Bonchev–Trinajstić information content (AvgIpc) is 2.85. The number of H-pyrrole nitrogens is 1. The second-order valence-corrected chi connectivity index (χ2v) is 7.41. The number of sulfone groups is 1. The molecule has 0 aliphatic rings. The van der Waals surface area contributed by atoms with Gasteiger partial charge in [-0.25, -0.2) is 13.4 Å². The van der Waals surface area contributed by atoms with Crippen molar-refractivity contribution in [3.05, 3.63) is 41.3 Å². The molecule has 2 rings (SSSR count). The fourth-order valence-electron chi connectivity index (χ4n) is 1.78. The van der Waals surface area contributed by atoms with Crippen molar-refractivity contribution >= 4 is 21.4 Å². The van der Waals surface area contributed by atoms with Crippen LogP contribution in [0.1, 0.15) is 18.3 Å². The number of imidazole rings is 1.